The maximum Gasteiger partial charge on any atom is 0.186 e. The molecule has 0 aromatic heterocycles. The van der Waals surface area contributed by atoms with Crippen LogP contribution in [0.2, 0.25) is 0 Å². The Morgan fingerprint density at radius 1 is 1.44 bits per heavy atom. The van der Waals surface area contributed by atoms with E-state index in [2.05, 4.69) is 15.8 Å². The quantitative estimate of drug-likeness (QED) is 0.482. The van der Waals surface area contributed by atoms with E-state index in [0.717, 1.165) is 18.3 Å². The van der Waals surface area contributed by atoms with E-state index >= 15 is 0 Å². The fraction of sp³-hybridized carbons (Fsp3) is 0.200. The first kappa shape index (κ1) is 12.5. The summed E-state index contributed by atoms with van der Waals surface area (Å²) in [6.45, 7) is 2.52. The molecule has 3 nitrogen and oxygen atoms in total. The molecule has 0 heterocycles. The zero-order valence-electron chi connectivity index (χ0n) is 8.63. The van der Waals surface area contributed by atoms with Crippen LogP contribution in [0.15, 0.2) is 23.3 Å². The van der Waals surface area contributed by atoms with Crippen molar-refractivity contribution in [3.8, 4) is 0 Å². The van der Waals surface area contributed by atoms with Crippen molar-refractivity contribution in [2.75, 3.05) is 6.54 Å². The summed E-state index contributed by atoms with van der Waals surface area (Å²) in [6.07, 6.45) is 1.05. The molecule has 86 valence electrons. The predicted molar refractivity (Wildman–Crippen MR) is 63.4 cm³/mol. The number of halogens is 2. The van der Waals surface area contributed by atoms with E-state index in [1.807, 2.05) is 6.92 Å². The van der Waals surface area contributed by atoms with E-state index in [0.29, 0.717) is 11.7 Å². The van der Waals surface area contributed by atoms with Crippen molar-refractivity contribution in [1.82, 2.24) is 10.7 Å². The predicted octanol–water partition coefficient (Wildman–Crippen LogP) is 1.78. The molecule has 0 unspecified atom stereocenters. The third-order valence-corrected chi connectivity index (χ3v) is 1.93. The molecular weight excluding hydrogens is 232 g/mol. The molecule has 0 aliphatic carbocycles. The molecule has 0 fully saturated rings. The molecule has 0 bridgehead atoms. The average Bonchev–Trinajstić information content (AvgIpc) is 2.23. The summed E-state index contributed by atoms with van der Waals surface area (Å²) in [7, 11) is 0. The average molecular weight is 243 g/mol. The van der Waals surface area contributed by atoms with Gasteiger partial charge < -0.3 is 5.32 Å². The second-order valence-corrected chi connectivity index (χ2v) is 3.27. The monoisotopic (exact) mass is 243 g/mol. The molecule has 0 aliphatic heterocycles. The van der Waals surface area contributed by atoms with E-state index in [9.17, 15) is 8.78 Å². The van der Waals surface area contributed by atoms with E-state index in [4.69, 9.17) is 12.2 Å². The third kappa shape index (κ3) is 3.54. The Kier molecular flexibility index (Phi) is 4.78. The lowest BCUT2D eigenvalue weighted by Crippen LogP contribution is -2.31. The number of hydrazone groups is 1. The van der Waals surface area contributed by atoms with Gasteiger partial charge in [0.05, 0.1) is 11.8 Å². The van der Waals surface area contributed by atoms with Gasteiger partial charge in [-0.3, -0.25) is 5.43 Å². The lowest BCUT2D eigenvalue weighted by atomic mass is 10.2. The van der Waals surface area contributed by atoms with Crippen LogP contribution in [-0.4, -0.2) is 17.9 Å². The molecule has 6 heteroatoms. The number of benzene rings is 1. The standard InChI is InChI=1S/C10H11F2N3S/c1-2-13-10(16)15-14-6-7-8(11)4-3-5-9(7)12/h3-6H,2H2,1H3,(H2,13,15,16)/b14-6-. The van der Waals surface area contributed by atoms with Crippen LogP contribution in [-0.2, 0) is 0 Å². The third-order valence-electron chi connectivity index (χ3n) is 1.70. The second-order valence-electron chi connectivity index (χ2n) is 2.86. The molecule has 1 rings (SSSR count). The molecule has 0 radical (unpaired) electrons. The molecule has 0 spiro atoms. The van der Waals surface area contributed by atoms with E-state index in [1.54, 1.807) is 0 Å². The van der Waals surface area contributed by atoms with Gasteiger partial charge in [0, 0.05) is 6.54 Å². The molecule has 16 heavy (non-hydrogen) atoms. The molecule has 0 atom stereocenters. The van der Waals surface area contributed by atoms with Crippen molar-refractivity contribution in [3.05, 3.63) is 35.4 Å². The molecule has 0 amide bonds. The minimum absolute atomic E-state index is 0.200. The first-order valence-electron chi connectivity index (χ1n) is 4.66. The number of nitrogens with one attached hydrogen (secondary N) is 2. The SMILES string of the molecule is CCNC(=S)N/N=C\c1c(F)cccc1F. The van der Waals surface area contributed by atoms with Gasteiger partial charge in [-0.05, 0) is 31.3 Å². The fourth-order valence-electron chi connectivity index (χ4n) is 0.990. The van der Waals surface area contributed by atoms with E-state index < -0.39 is 11.6 Å². The van der Waals surface area contributed by atoms with Crippen LogP contribution in [0, 0.1) is 11.6 Å². The Morgan fingerprint density at radius 2 is 2.06 bits per heavy atom. The number of nitrogens with zero attached hydrogens (tertiary/aromatic N) is 1. The lowest BCUT2D eigenvalue weighted by molar-refractivity contribution is 0.580. The highest BCUT2D eigenvalue weighted by Gasteiger charge is 2.04. The minimum atomic E-state index is -0.667. The van der Waals surface area contributed by atoms with Crippen molar-refractivity contribution < 1.29 is 8.78 Å². The number of rotatable bonds is 3. The summed E-state index contributed by atoms with van der Waals surface area (Å²) in [4.78, 5) is 0. The summed E-state index contributed by atoms with van der Waals surface area (Å²) in [6, 6.07) is 3.61. The molecule has 1 aromatic carbocycles. The van der Waals surface area contributed by atoms with Gasteiger partial charge in [0.1, 0.15) is 11.6 Å². The van der Waals surface area contributed by atoms with Gasteiger partial charge in [0.15, 0.2) is 5.11 Å². The Morgan fingerprint density at radius 3 is 2.62 bits per heavy atom. The van der Waals surface area contributed by atoms with E-state index in [-0.39, 0.29) is 5.56 Å². The number of hydrogen-bond acceptors (Lipinski definition) is 2. The lowest BCUT2D eigenvalue weighted by Gasteiger charge is -2.03. The number of hydrogen-bond donors (Lipinski definition) is 2. The van der Waals surface area contributed by atoms with Gasteiger partial charge in [0.2, 0.25) is 0 Å². The Hall–Kier alpha value is -1.56. The first-order valence-corrected chi connectivity index (χ1v) is 5.07. The van der Waals surface area contributed by atoms with E-state index in [1.165, 1.54) is 6.07 Å². The minimum Gasteiger partial charge on any atom is -0.362 e. The van der Waals surface area contributed by atoms with Gasteiger partial charge in [0.25, 0.3) is 0 Å². The summed E-state index contributed by atoms with van der Waals surface area (Å²) >= 11 is 4.81. The van der Waals surface area contributed by atoms with Gasteiger partial charge in [-0.25, -0.2) is 8.78 Å². The Labute approximate surface area is 97.5 Å². The van der Waals surface area contributed by atoms with Crippen molar-refractivity contribution >= 4 is 23.5 Å². The summed E-state index contributed by atoms with van der Waals surface area (Å²) in [5.41, 5.74) is 2.24. The normalized spacial score (nSPS) is 10.4. The molecule has 0 aliphatic rings. The maximum atomic E-state index is 13.1. The van der Waals surface area contributed by atoms with Crippen LogP contribution < -0.4 is 10.7 Å². The Balaban J connectivity index is 2.66. The summed E-state index contributed by atoms with van der Waals surface area (Å²) in [5, 5.41) is 6.70. The zero-order chi connectivity index (χ0) is 12.0. The highest BCUT2D eigenvalue weighted by Crippen LogP contribution is 2.08. The van der Waals surface area contributed by atoms with Crippen molar-refractivity contribution in [1.29, 1.82) is 0 Å². The van der Waals surface area contributed by atoms with Crippen LogP contribution in [0.4, 0.5) is 8.78 Å². The summed E-state index contributed by atoms with van der Waals surface area (Å²) < 4.78 is 26.2. The molecular formula is C10H11F2N3S. The Bertz CT molecular complexity index is 387. The maximum absolute atomic E-state index is 13.1. The highest BCUT2D eigenvalue weighted by atomic mass is 32.1. The van der Waals surface area contributed by atoms with Crippen molar-refractivity contribution in [2.24, 2.45) is 5.10 Å². The smallest absolute Gasteiger partial charge is 0.186 e. The van der Waals surface area contributed by atoms with Crippen molar-refractivity contribution in [2.45, 2.75) is 6.92 Å². The molecule has 0 saturated carbocycles. The molecule has 0 saturated heterocycles. The van der Waals surface area contributed by atoms with Crippen LogP contribution >= 0.6 is 12.2 Å². The van der Waals surface area contributed by atoms with Gasteiger partial charge in [-0.1, -0.05) is 6.07 Å². The first-order chi connectivity index (χ1) is 7.65. The topological polar surface area (TPSA) is 36.4 Å². The van der Waals surface area contributed by atoms with Gasteiger partial charge >= 0.3 is 0 Å². The molecule has 2 N–H and O–H groups in total. The van der Waals surface area contributed by atoms with Crippen LogP contribution in [0.5, 0.6) is 0 Å². The zero-order valence-corrected chi connectivity index (χ0v) is 9.44. The van der Waals surface area contributed by atoms with Gasteiger partial charge in [-0.15, -0.1) is 0 Å². The van der Waals surface area contributed by atoms with Crippen LogP contribution in [0.3, 0.4) is 0 Å². The highest BCUT2D eigenvalue weighted by molar-refractivity contribution is 7.80. The van der Waals surface area contributed by atoms with Crippen LogP contribution in [0.25, 0.3) is 0 Å². The second kappa shape index (κ2) is 6.12. The largest absolute Gasteiger partial charge is 0.362 e. The molecule has 1 aromatic rings. The number of thiocarbonyl (C=S) groups is 1. The fourth-order valence-corrected chi connectivity index (χ4v) is 1.19. The summed E-state index contributed by atoms with van der Waals surface area (Å²) in [5.74, 6) is -1.33. The van der Waals surface area contributed by atoms with Crippen molar-refractivity contribution in [3.63, 3.8) is 0 Å². The van der Waals surface area contributed by atoms with Gasteiger partial charge in [-0.2, -0.15) is 5.10 Å². The van der Waals surface area contributed by atoms with Crippen LogP contribution in [0.1, 0.15) is 12.5 Å².